The Morgan fingerprint density at radius 1 is 0.385 bits per heavy atom. The number of hydrogen-bond donors (Lipinski definition) is 8. The molecular weight excluding hydrogens is 1310 g/mol. The normalized spacial score (nSPS) is 12.9. The molecule has 0 aliphatic rings. The first-order chi connectivity index (χ1) is 45.2. The van der Waals surface area contributed by atoms with Gasteiger partial charge in [-0.3, -0.25) is 40.4 Å². The van der Waals surface area contributed by atoms with E-state index < -0.39 is 70.7 Å². The summed E-state index contributed by atoms with van der Waals surface area (Å²) >= 11 is 5.48. The van der Waals surface area contributed by atoms with Crippen LogP contribution in [-0.4, -0.2) is 91.6 Å². The van der Waals surface area contributed by atoms with Crippen LogP contribution in [0.1, 0.15) is 143 Å². The van der Waals surface area contributed by atoms with E-state index >= 15 is 0 Å². The van der Waals surface area contributed by atoms with E-state index in [1.165, 1.54) is 45.3 Å². The van der Waals surface area contributed by atoms with Crippen molar-refractivity contribution < 1.29 is 57.3 Å². The average molecular weight is 1390 g/mol. The zero-order valence-corrected chi connectivity index (χ0v) is 59.3. The van der Waals surface area contributed by atoms with Gasteiger partial charge in [0.15, 0.2) is 20.5 Å². The van der Waals surface area contributed by atoms with Gasteiger partial charge >= 0.3 is 23.9 Å². The van der Waals surface area contributed by atoms with E-state index in [1.54, 1.807) is 122 Å². The fourth-order valence-electron chi connectivity index (χ4n) is 7.66. The van der Waals surface area contributed by atoms with Gasteiger partial charge in [0.05, 0.1) is 22.3 Å². The minimum Gasteiger partial charge on any atom is -0.425 e. The van der Waals surface area contributed by atoms with Crippen molar-refractivity contribution in [1.29, 1.82) is 0 Å². The first-order valence-corrected chi connectivity index (χ1v) is 33.7. The number of ether oxygens (including phenoxy) is 4. The van der Waals surface area contributed by atoms with Crippen molar-refractivity contribution in [3.63, 3.8) is 0 Å². The Labute approximate surface area is 574 Å². The summed E-state index contributed by atoms with van der Waals surface area (Å²) in [5.74, 6) is -3.08. The Morgan fingerprint density at radius 2 is 0.594 bits per heavy atom. The average Bonchev–Trinajstić information content (AvgIpc) is 1.04. The number of carbonyl (C=O) groups is 8. The van der Waals surface area contributed by atoms with E-state index in [1.807, 2.05) is 96.9 Å². The second kappa shape index (κ2) is 36.2. The fraction of sp³-hybridized carbons (Fsp3) is 0.353. The molecule has 0 saturated heterocycles. The first kappa shape index (κ1) is 77.7. The molecule has 24 nitrogen and oxygen atoms in total. The number of nitrogens with one attached hydrogen (secondary N) is 4. The molecule has 0 spiro atoms. The highest BCUT2D eigenvalue weighted by atomic mass is 32.1. The van der Waals surface area contributed by atoms with Crippen LogP contribution in [0.2, 0.25) is 0 Å². The lowest BCUT2D eigenvalue weighted by molar-refractivity contribution is -0.139. The third-order valence-corrected chi connectivity index (χ3v) is 17.5. The molecule has 0 saturated carbocycles. The molecule has 12 N–H and O–H groups in total. The number of nitrogens with zero attached hydrogens (tertiary/aromatic N) is 4. The number of thiazole rings is 4. The lowest BCUT2D eigenvalue weighted by atomic mass is 9.87. The molecule has 512 valence electrons. The summed E-state index contributed by atoms with van der Waals surface area (Å²) in [5.41, 5.74) is 23.7. The summed E-state index contributed by atoms with van der Waals surface area (Å²) in [7, 11) is 0. The van der Waals surface area contributed by atoms with E-state index in [4.69, 9.17) is 41.9 Å². The molecule has 0 bridgehead atoms. The molecule has 0 unspecified atom stereocenters. The van der Waals surface area contributed by atoms with Crippen molar-refractivity contribution in [2.24, 2.45) is 45.6 Å². The van der Waals surface area contributed by atoms with Gasteiger partial charge in [-0.15, -0.1) is 45.3 Å². The van der Waals surface area contributed by atoms with Crippen LogP contribution in [0.3, 0.4) is 0 Å². The molecule has 8 aromatic rings. The van der Waals surface area contributed by atoms with Crippen LogP contribution >= 0.6 is 45.3 Å². The molecule has 4 heterocycles. The number of para-hydroxylation sites is 4. The third-order valence-electron chi connectivity index (χ3n) is 14.2. The van der Waals surface area contributed by atoms with Gasteiger partial charge in [0.2, 0.25) is 0 Å². The Morgan fingerprint density at radius 3 is 0.781 bits per heavy atom. The molecule has 28 heteroatoms. The number of rotatable bonds is 20. The molecule has 4 aromatic heterocycles. The summed E-state index contributed by atoms with van der Waals surface area (Å²) < 4.78 is 21.4. The highest BCUT2D eigenvalue weighted by Gasteiger charge is 2.32. The summed E-state index contributed by atoms with van der Waals surface area (Å²) in [6, 6.07) is 23.1. The number of carbonyl (C=O) groups excluding carboxylic acids is 8. The number of amides is 4. The molecule has 96 heavy (non-hydrogen) atoms. The van der Waals surface area contributed by atoms with Crippen molar-refractivity contribution in [2.75, 3.05) is 21.3 Å². The zero-order valence-electron chi connectivity index (χ0n) is 56.1. The van der Waals surface area contributed by atoms with Crippen LogP contribution in [0, 0.1) is 50.4 Å². The Bertz CT molecular complexity index is 3710. The Balaban J connectivity index is 0.000000231. The summed E-state index contributed by atoms with van der Waals surface area (Å²) in [6.45, 7) is 26.4. The molecule has 4 amide bonds. The highest BCUT2D eigenvalue weighted by molar-refractivity contribution is 7.16. The number of anilines is 4. The topological polar surface area (TPSA) is 377 Å². The molecule has 0 radical (unpaired) electrons. The second-order valence-electron chi connectivity index (χ2n) is 24.1. The van der Waals surface area contributed by atoms with Crippen LogP contribution < -0.4 is 63.1 Å². The molecule has 6 atom stereocenters. The summed E-state index contributed by atoms with van der Waals surface area (Å²) in [5, 5.41) is 12.8. The van der Waals surface area contributed by atoms with Crippen molar-refractivity contribution >= 4 is 113 Å². The van der Waals surface area contributed by atoms with E-state index in [0.717, 1.165) is 32.4 Å². The van der Waals surface area contributed by atoms with Crippen LogP contribution in [0.4, 0.5) is 20.5 Å². The maximum Gasteiger partial charge on any atom is 0.328 e. The van der Waals surface area contributed by atoms with Crippen molar-refractivity contribution in [2.45, 2.75) is 134 Å². The molecule has 0 aliphatic heterocycles. The zero-order chi connectivity index (χ0) is 71.2. The van der Waals surface area contributed by atoms with Crippen molar-refractivity contribution in [3.05, 3.63) is 164 Å². The number of nitrogens with two attached hydrogens (primary N) is 4. The monoisotopic (exact) mass is 1390 g/mol. The van der Waals surface area contributed by atoms with E-state index in [2.05, 4.69) is 41.2 Å². The molecule has 8 rings (SSSR count). The first-order valence-electron chi connectivity index (χ1n) is 30.4. The number of aromatic nitrogens is 4. The number of benzene rings is 4. The van der Waals surface area contributed by atoms with Crippen LogP contribution in [0.25, 0.3) is 0 Å². The van der Waals surface area contributed by atoms with Gasteiger partial charge in [-0.05, 0) is 98.9 Å². The standard InChI is InChI=1S/4C17H21N3O3S/c2*1-10-9-19-16(24-10)20-14(21)11-7-5-6-8-12(11)23-15(22)13(18)17(2,3)4;2*1-4-10(2)14(18)16(22)23-13-8-6-5-7-12(13)15(21)20-17-19-9-11(3)24-17/h2*5-9,13H,18H2,1-4H3,(H,19,20,21);2*5-10,14H,4,18H2,1-3H3,(H,19,20,21)/t2*13-;2*10-,14-/m1100/s1. The lowest BCUT2D eigenvalue weighted by Crippen LogP contribution is -2.44. The maximum absolute atomic E-state index is 12.4. The maximum atomic E-state index is 12.4. The number of aryl methyl sites for hydroxylation is 4. The van der Waals surface area contributed by atoms with Crippen molar-refractivity contribution in [3.8, 4) is 23.0 Å². The van der Waals surface area contributed by atoms with E-state index in [0.29, 0.717) is 20.5 Å². The van der Waals surface area contributed by atoms with Gasteiger partial charge in [-0.25, -0.2) is 39.1 Å². The smallest absolute Gasteiger partial charge is 0.328 e. The van der Waals surface area contributed by atoms with E-state index in [9.17, 15) is 38.4 Å². The predicted molar refractivity (Wildman–Crippen MR) is 377 cm³/mol. The summed E-state index contributed by atoms with van der Waals surface area (Å²) in [6.07, 6.45) is 8.24. The molecule has 0 fully saturated rings. The number of hydrogen-bond acceptors (Lipinski definition) is 24. The van der Waals surface area contributed by atoms with Crippen LogP contribution in [0.15, 0.2) is 122 Å². The molecule has 4 aromatic carbocycles. The third kappa shape index (κ3) is 23.7. The Kier molecular flexibility index (Phi) is 29.3. The van der Waals surface area contributed by atoms with Crippen LogP contribution in [-0.2, 0) is 19.2 Å². The van der Waals surface area contributed by atoms with Gasteiger partial charge in [0, 0.05) is 44.3 Å². The SMILES string of the molecule is CC[C@H](C)[C@H](N)C(=O)Oc1ccccc1C(=O)Nc1ncc(C)s1.CC[C@H](C)[C@H](N)C(=O)Oc1ccccc1C(=O)Nc1ncc(C)s1.Cc1cnc(NC(=O)c2ccccc2OC(=O)[C@@H](N)C(C)(C)C)s1.Cc1cnc(NC(=O)c2ccccc2OC(=O)[C@@H](N)C(C)(C)C)s1. The summed E-state index contributed by atoms with van der Waals surface area (Å²) in [4.78, 5) is 119. The fourth-order valence-corrected chi connectivity index (χ4v) is 10.3. The van der Waals surface area contributed by atoms with Gasteiger partial charge in [0.1, 0.15) is 47.2 Å². The number of esters is 4. The molecule has 0 aliphatic carbocycles. The molecular formula is C68H84N12O12S4. The minimum absolute atomic E-state index is 0.00298. The van der Waals surface area contributed by atoms with E-state index in [-0.39, 0.29) is 68.9 Å². The van der Waals surface area contributed by atoms with Gasteiger partial charge in [0.25, 0.3) is 23.6 Å². The van der Waals surface area contributed by atoms with Crippen molar-refractivity contribution in [1.82, 2.24) is 19.9 Å². The minimum atomic E-state index is -0.796. The lowest BCUT2D eigenvalue weighted by Gasteiger charge is -2.25. The highest BCUT2D eigenvalue weighted by Crippen LogP contribution is 2.29. The Hall–Kier alpha value is -9.00. The van der Waals surface area contributed by atoms with Gasteiger partial charge < -0.3 is 41.9 Å². The quantitative estimate of drug-likeness (QED) is 0.0259. The largest absolute Gasteiger partial charge is 0.425 e. The van der Waals surface area contributed by atoms with Crippen LogP contribution in [0.5, 0.6) is 23.0 Å². The predicted octanol–water partition coefficient (Wildman–Crippen LogP) is 11.9. The van der Waals surface area contributed by atoms with Gasteiger partial charge in [-0.1, -0.05) is 131 Å². The second-order valence-corrected chi connectivity index (χ2v) is 29.0. The van der Waals surface area contributed by atoms with Gasteiger partial charge in [-0.2, -0.15) is 0 Å².